The van der Waals surface area contributed by atoms with Crippen molar-refractivity contribution in [1.82, 2.24) is 0 Å². The molecule has 1 aromatic heterocycles. The fraction of sp³-hybridized carbons (Fsp3) is 0.200. The summed E-state index contributed by atoms with van der Waals surface area (Å²) in [6, 6.07) is 13.3. The molecule has 106 valence electrons. The molecule has 0 saturated carbocycles. The van der Waals surface area contributed by atoms with Gasteiger partial charge in [-0.25, -0.2) is 0 Å². The van der Waals surface area contributed by atoms with Crippen molar-refractivity contribution in [2.75, 3.05) is 19.0 Å². The van der Waals surface area contributed by atoms with E-state index in [-0.39, 0.29) is 25.1 Å². The molecule has 0 unspecified atom stereocenters. The van der Waals surface area contributed by atoms with E-state index in [0.29, 0.717) is 0 Å². The predicted molar refractivity (Wildman–Crippen MR) is 73.0 cm³/mol. The van der Waals surface area contributed by atoms with Gasteiger partial charge in [0, 0.05) is 31.9 Å². The number of hydrogen-bond acceptors (Lipinski definition) is 3. The van der Waals surface area contributed by atoms with Crippen LogP contribution in [0, 0.1) is 0 Å². The third kappa shape index (κ3) is 4.24. The van der Waals surface area contributed by atoms with Crippen LogP contribution >= 0.6 is 0 Å². The van der Waals surface area contributed by atoms with Crippen LogP contribution in [-0.4, -0.2) is 20.2 Å². The van der Waals surface area contributed by atoms with Crippen molar-refractivity contribution in [2.45, 2.75) is 6.61 Å². The van der Waals surface area contributed by atoms with E-state index in [4.69, 9.17) is 4.74 Å². The number of benzene rings is 1. The van der Waals surface area contributed by atoms with Gasteiger partial charge in [-0.05, 0) is 5.56 Å². The first-order valence-corrected chi connectivity index (χ1v) is 6.06. The molecule has 2 aromatic rings. The van der Waals surface area contributed by atoms with Crippen LogP contribution in [0.25, 0.3) is 0 Å². The van der Waals surface area contributed by atoms with Gasteiger partial charge in [-0.1, -0.05) is 34.9 Å². The number of halogens is 1. The van der Waals surface area contributed by atoms with Crippen LogP contribution in [0.15, 0.2) is 54.9 Å². The second-order valence-electron chi connectivity index (χ2n) is 4.40. The molecule has 0 fully saturated rings. The molecule has 1 aromatic carbocycles. The van der Waals surface area contributed by atoms with Crippen molar-refractivity contribution in [3.63, 3.8) is 0 Å². The standard InChI is InChI=1S/C15H17N2O2.ClH/c1-16(2)14-8-10-17(11-9-14)15(18)19-12-13-6-4-3-5-7-13;/h3-11H,12H2,1-2H3;1H/q+1;/p-1. The second kappa shape index (κ2) is 7.50. The zero-order chi connectivity index (χ0) is 13.7. The van der Waals surface area contributed by atoms with E-state index >= 15 is 0 Å². The van der Waals surface area contributed by atoms with E-state index in [9.17, 15) is 4.79 Å². The SMILES string of the molecule is CN(C)c1cc[n+](C(=O)OCc2ccccc2)cc1.[Cl-]. The van der Waals surface area contributed by atoms with Crippen LogP contribution in [0.1, 0.15) is 5.56 Å². The summed E-state index contributed by atoms with van der Waals surface area (Å²) in [5, 5.41) is 0. The molecule has 20 heavy (non-hydrogen) atoms. The zero-order valence-corrected chi connectivity index (χ0v) is 12.2. The van der Waals surface area contributed by atoms with Gasteiger partial charge in [-0.15, -0.1) is 0 Å². The highest BCUT2D eigenvalue weighted by molar-refractivity contribution is 5.57. The van der Waals surface area contributed by atoms with E-state index in [1.54, 1.807) is 12.4 Å². The lowest BCUT2D eigenvalue weighted by atomic mass is 10.2. The molecule has 0 aliphatic heterocycles. The molecular weight excluding hydrogens is 276 g/mol. The number of pyridine rings is 1. The molecule has 4 nitrogen and oxygen atoms in total. The normalized spacial score (nSPS) is 9.50. The molecule has 0 atom stereocenters. The number of carbonyl (C=O) groups excluding carboxylic acids is 1. The van der Waals surface area contributed by atoms with Gasteiger partial charge < -0.3 is 22.0 Å². The third-order valence-corrected chi connectivity index (χ3v) is 2.74. The van der Waals surface area contributed by atoms with Gasteiger partial charge in [0.05, 0.1) is 0 Å². The molecule has 0 spiro atoms. The largest absolute Gasteiger partial charge is 1.00 e. The molecule has 0 amide bonds. The Balaban J connectivity index is 0.00000200. The molecule has 1 heterocycles. The van der Waals surface area contributed by atoms with E-state index in [1.165, 1.54) is 4.57 Å². The maximum atomic E-state index is 11.8. The minimum atomic E-state index is -0.380. The fourth-order valence-corrected chi connectivity index (χ4v) is 1.63. The van der Waals surface area contributed by atoms with E-state index in [1.807, 2.05) is 61.5 Å². The van der Waals surface area contributed by atoms with Gasteiger partial charge >= 0.3 is 6.09 Å². The van der Waals surface area contributed by atoms with Crippen LogP contribution in [0.2, 0.25) is 0 Å². The summed E-state index contributed by atoms with van der Waals surface area (Å²) in [4.78, 5) is 13.8. The van der Waals surface area contributed by atoms with Gasteiger partial charge in [-0.3, -0.25) is 0 Å². The van der Waals surface area contributed by atoms with Crippen molar-refractivity contribution in [1.29, 1.82) is 0 Å². The van der Waals surface area contributed by atoms with Crippen molar-refractivity contribution in [3.05, 3.63) is 60.4 Å². The molecule has 0 aliphatic carbocycles. The minimum absolute atomic E-state index is 0. The molecule has 0 N–H and O–H groups in total. The first-order chi connectivity index (χ1) is 9.16. The first kappa shape index (κ1) is 16.0. The maximum absolute atomic E-state index is 11.8. The number of carbonyl (C=O) groups is 1. The van der Waals surface area contributed by atoms with Gasteiger partial charge in [0.15, 0.2) is 12.4 Å². The number of nitrogens with zero attached hydrogens (tertiary/aromatic N) is 2. The summed E-state index contributed by atoms with van der Waals surface area (Å²) in [6.07, 6.45) is 3.01. The van der Waals surface area contributed by atoms with Crippen molar-refractivity contribution in [2.24, 2.45) is 0 Å². The van der Waals surface area contributed by atoms with Crippen LogP contribution in [0.3, 0.4) is 0 Å². The molecular formula is C15H17ClN2O2. The van der Waals surface area contributed by atoms with E-state index in [0.717, 1.165) is 11.3 Å². The Bertz CT molecular complexity index is 542. The van der Waals surface area contributed by atoms with Crippen molar-refractivity contribution in [3.8, 4) is 0 Å². The molecule has 0 bridgehead atoms. The average Bonchev–Trinajstić information content (AvgIpc) is 2.46. The topological polar surface area (TPSA) is 33.4 Å². The third-order valence-electron chi connectivity index (χ3n) is 2.74. The zero-order valence-electron chi connectivity index (χ0n) is 11.5. The lowest BCUT2D eigenvalue weighted by molar-refractivity contribution is -0.586. The molecule has 5 heteroatoms. The monoisotopic (exact) mass is 292 g/mol. The number of hydrogen-bond donors (Lipinski definition) is 0. The first-order valence-electron chi connectivity index (χ1n) is 6.06. The fourth-order valence-electron chi connectivity index (χ4n) is 1.63. The average molecular weight is 293 g/mol. The molecule has 0 radical (unpaired) electrons. The van der Waals surface area contributed by atoms with Gasteiger partial charge in [0.1, 0.15) is 6.61 Å². The quantitative estimate of drug-likeness (QED) is 0.697. The minimum Gasteiger partial charge on any atom is -1.00 e. The summed E-state index contributed by atoms with van der Waals surface area (Å²) in [5.74, 6) is 0. The van der Waals surface area contributed by atoms with Gasteiger partial charge in [-0.2, -0.15) is 4.79 Å². The van der Waals surface area contributed by atoms with Gasteiger partial charge in [0.2, 0.25) is 0 Å². The Morgan fingerprint density at radius 3 is 2.25 bits per heavy atom. The second-order valence-corrected chi connectivity index (χ2v) is 4.40. The highest BCUT2D eigenvalue weighted by Gasteiger charge is 2.15. The predicted octanol–water partition coefficient (Wildman–Crippen LogP) is -0.771. The Hall–Kier alpha value is -2.07. The molecule has 2 rings (SSSR count). The van der Waals surface area contributed by atoms with Crippen LogP contribution in [0.5, 0.6) is 0 Å². The van der Waals surface area contributed by atoms with E-state index < -0.39 is 0 Å². The summed E-state index contributed by atoms with van der Waals surface area (Å²) in [5.41, 5.74) is 2.01. The number of anilines is 1. The van der Waals surface area contributed by atoms with E-state index in [2.05, 4.69) is 0 Å². The molecule has 0 saturated heterocycles. The number of aromatic nitrogens is 1. The molecule has 0 aliphatic rings. The van der Waals surface area contributed by atoms with Crippen LogP contribution in [0.4, 0.5) is 10.5 Å². The Kier molecular flexibility index (Phi) is 6.00. The summed E-state index contributed by atoms with van der Waals surface area (Å²) >= 11 is 0. The maximum Gasteiger partial charge on any atom is 0.602 e. The highest BCUT2D eigenvalue weighted by Crippen LogP contribution is 2.06. The summed E-state index contributed by atoms with van der Waals surface area (Å²) in [7, 11) is 3.90. The van der Waals surface area contributed by atoms with Crippen molar-refractivity contribution < 1.29 is 26.5 Å². The lowest BCUT2D eigenvalue weighted by Crippen LogP contribution is -3.00. The number of rotatable bonds is 3. The van der Waals surface area contributed by atoms with Gasteiger partial charge in [0.25, 0.3) is 0 Å². The summed E-state index contributed by atoms with van der Waals surface area (Å²) < 4.78 is 6.65. The highest BCUT2D eigenvalue weighted by atomic mass is 35.5. The summed E-state index contributed by atoms with van der Waals surface area (Å²) in [6.45, 7) is 0.280. The Morgan fingerprint density at radius 2 is 1.70 bits per heavy atom. The Morgan fingerprint density at radius 1 is 1.10 bits per heavy atom. The van der Waals surface area contributed by atoms with Crippen LogP contribution in [-0.2, 0) is 11.3 Å². The lowest BCUT2D eigenvalue weighted by Gasteiger charge is -2.09. The smallest absolute Gasteiger partial charge is 0.602 e. The Labute approximate surface area is 125 Å². The van der Waals surface area contributed by atoms with Crippen LogP contribution < -0.4 is 21.9 Å². The van der Waals surface area contributed by atoms with Crippen molar-refractivity contribution >= 4 is 11.8 Å². The number of ether oxygens (including phenoxy) is 1.